The summed E-state index contributed by atoms with van der Waals surface area (Å²) in [5, 5.41) is 12.7. The predicted octanol–water partition coefficient (Wildman–Crippen LogP) is 3.48. The first kappa shape index (κ1) is 23.0. The number of amides is 1. The fourth-order valence-electron chi connectivity index (χ4n) is 5.17. The molecule has 37 heavy (non-hydrogen) atoms. The predicted molar refractivity (Wildman–Crippen MR) is 142 cm³/mol. The summed E-state index contributed by atoms with van der Waals surface area (Å²) in [5.41, 5.74) is 5.57. The smallest absolute Gasteiger partial charge is 0.264 e. The Morgan fingerprint density at radius 2 is 1.86 bits per heavy atom. The fourth-order valence-corrected chi connectivity index (χ4v) is 5.17. The normalized spacial score (nSPS) is 16.0. The lowest BCUT2D eigenvalue weighted by Gasteiger charge is -2.33. The van der Waals surface area contributed by atoms with Crippen LogP contribution in [0.2, 0.25) is 0 Å². The molecule has 4 heterocycles. The van der Waals surface area contributed by atoms with Crippen LogP contribution in [-0.4, -0.2) is 60.1 Å². The maximum Gasteiger partial charge on any atom is 0.264 e. The van der Waals surface area contributed by atoms with Gasteiger partial charge in [0.1, 0.15) is 11.4 Å². The Labute approximate surface area is 214 Å². The summed E-state index contributed by atoms with van der Waals surface area (Å²) in [6.45, 7) is 1.80. The number of carbonyl (C=O) groups excluding carboxylic acids is 1. The molecule has 6 rings (SSSR count). The molecule has 0 atom stereocenters. The van der Waals surface area contributed by atoms with Crippen molar-refractivity contribution in [3.63, 3.8) is 0 Å². The number of nitrogens with one attached hydrogen (secondary N) is 1. The highest BCUT2D eigenvalue weighted by atomic mass is 16.5. The highest BCUT2D eigenvalue weighted by molar-refractivity contribution is 5.99. The van der Waals surface area contributed by atoms with E-state index in [1.807, 2.05) is 55.7 Å². The van der Waals surface area contributed by atoms with Crippen LogP contribution in [0.1, 0.15) is 18.4 Å². The van der Waals surface area contributed by atoms with Gasteiger partial charge in [0.15, 0.2) is 6.61 Å². The second kappa shape index (κ2) is 9.22. The van der Waals surface area contributed by atoms with Crippen molar-refractivity contribution >= 4 is 23.2 Å². The second-order valence-corrected chi connectivity index (χ2v) is 9.42. The molecule has 2 aromatic carbocycles. The maximum absolute atomic E-state index is 12.1. The van der Waals surface area contributed by atoms with Gasteiger partial charge in [0.25, 0.3) is 5.91 Å². The number of hydrogen-bond acceptors (Lipinski definition) is 7. The SMILES string of the molecule is CNC1CCN(c2nc(-c3ccc(C#N)cc3)c(-c3ccc4c(c3)OCC(=O)N4C)c3nccn23)CC1. The molecule has 0 bridgehead atoms. The number of carbonyl (C=O) groups is 1. The van der Waals surface area contributed by atoms with Gasteiger partial charge in [-0.1, -0.05) is 18.2 Å². The average molecular weight is 494 g/mol. The third-order valence-electron chi connectivity index (χ3n) is 7.34. The minimum Gasteiger partial charge on any atom is -0.482 e. The van der Waals surface area contributed by atoms with Gasteiger partial charge in [0.2, 0.25) is 5.95 Å². The monoisotopic (exact) mass is 493 g/mol. The Morgan fingerprint density at radius 3 is 2.59 bits per heavy atom. The van der Waals surface area contributed by atoms with Gasteiger partial charge in [-0.05, 0) is 49.7 Å². The van der Waals surface area contributed by atoms with E-state index in [0.717, 1.165) is 65.6 Å². The van der Waals surface area contributed by atoms with E-state index in [0.29, 0.717) is 17.4 Å². The van der Waals surface area contributed by atoms with Crippen LogP contribution in [-0.2, 0) is 4.79 Å². The van der Waals surface area contributed by atoms with Gasteiger partial charge in [0.05, 0.1) is 28.6 Å². The largest absolute Gasteiger partial charge is 0.482 e. The first-order chi connectivity index (χ1) is 18.1. The topological polar surface area (TPSA) is 98.8 Å². The molecule has 0 saturated carbocycles. The highest BCUT2D eigenvalue weighted by Crippen LogP contribution is 2.41. The van der Waals surface area contributed by atoms with Crippen molar-refractivity contribution in [3.05, 3.63) is 60.4 Å². The van der Waals surface area contributed by atoms with Crippen molar-refractivity contribution in [2.45, 2.75) is 18.9 Å². The van der Waals surface area contributed by atoms with Gasteiger partial charge >= 0.3 is 0 Å². The first-order valence-corrected chi connectivity index (χ1v) is 12.4. The number of fused-ring (bicyclic) bond motifs is 2. The summed E-state index contributed by atoms with van der Waals surface area (Å²) in [5.74, 6) is 1.42. The zero-order valence-electron chi connectivity index (χ0n) is 20.8. The van der Waals surface area contributed by atoms with Crippen LogP contribution in [0.15, 0.2) is 54.9 Å². The van der Waals surface area contributed by atoms with Crippen molar-refractivity contribution in [2.75, 3.05) is 43.6 Å². The van der Waals surface area contributed by atoms with Crippen molar-refractivity contribution < 1.29 is 9.53 Å². The number of aromatic nitrogens is 3. The Bertz CT molecular complexity index is 1530. The van der Waals surface area contributed by atoms with Crippen molar-refractivity contribution in [2.24, 2.45) is 0 Å². The van der Waals surface area contributed by atoms with E-state index in [9.17, 15) is 10.1 Å². The lowest BCUT2D eigenvalue weighted by molar-refractivity contribution is -0.120. The van der Waals surface area contributed by atoms with Crippen LogP contribution in [0, 0.1) is 11.3 Å². The van der Waals surface area contributed by atoms with Gasteiger partial charge in [-0.15, -0.1) is 0 Å². The Balaban J connectivity index is 1.55. The summed E-state index contributed by atoms with van der Waals surface area (Å²) in [7, 11) is 3.77. The molecule has 0 unspecified atom stereocenters. The van der Waals surface area contributed by atoms with Crippen LogP contribution in [0.25, 0.3) is 28.0 Å². The van der Waals surface area contributed by atoms with E-state index in [2.05, 4.69) is 20.7 Å². The molecule has 186 valence electrons. The summed E-state index contributed by atoms with van der Waals surface area (Å²) in [6, 6.07) is 16.0. The van der Waals surface area contributed by atoms with Crippen molar-refractivity contribution in [1.82, 2.24) is 19.7 Å². The molecule has 4 aromatic rings. The first-order valence-electron chi connectivity index (χ1n) is 12.4. The number of imidazole rings is 1. The molecule has 0 radical (unpaired) electrons. The van der Waals surface area contributed by atoms with E-state index in [1.54, 1.807) is 18.1 Å². The van der Waals surface area contributed by atoms with Gasteiger partial charge < -0.3 is 19.9 Å². The molecule has 0 aliphatic carbocycles. The average Bonchev–Trinajstić information content (AvgIpc) is 3.44. The molecule has 1 N–H and O–H groups in total. The summed E-state index contributed by atoms with van der Waals surface area (Å²) >= 11 is 0. The van der Waals surface area contributed by atoms with E-state index < -0.39 is 0 Å². The van der Waals surface area contributed by atoms with Crippen molar-refractivity contribution in [3.8, 4) is 34.2 Å². The molecule has 1 saturated heterocycles. The molecule has 2 aromatic heterocycles. The number of rotatable bonds is 4. The van der Waals surface area contributed by atoms with E-state index in [4.69, 9.17) is 14.7 Å². The Hall–Kier alpha value is -4.42. The highest BCUT2D eigenvalue weighted by Gasteiger charge is 2.27. The Morgan fingerprint density at radius 1 is 1.11 bits per heavy atom. The van der Waals surface area contributed by atoms with Gasteiger partial charge in [-0.3, -0.25) is 9.20 Å². The number of piperidine rings is 1. The van der Waals surface area contributed by atoms with Crippen molar-refractivity contribution in [1.29, 1.82) is 5.26 Å². The lowest BCUT2D eigenvalue weighted by atomic mass is 9.98. The van der Waals surface area contributed by atoms with Crippen LogP contribution < -0.4 is 19.9 Å². The molecule has 9 heteroatoms. The molecule has 0 spiro atoms. The van der Waals surface area contributed by atoms with Crippen LogP contribution in [0.5, 0.6) is 5.75 Å². The van der Waals surface area contributed by atoms with Crippen LogP contribution >= 0.6 is 0 Å². The van der Waals surface area contributed by atoms with Crippen LogP contribution in [0.4, 0.5) is 11.6 Å². The van der Waals surface area contributed by atoms with Gasteiger partial charge in [0, 0.05) is 44.1 Å². The third-order valence-corrected chi connectivity index (χ3v) is 7.34. The third kappa shape index (κ3) is 3.96. The zero-order valence-corrected chi connectivity index (χ0v) is 20.8. The lowest BCUT2D eigenvalue weighted by Crippen LogP contribution is -2.42. The van der Waals surface area contributed by atoms with Gasteiger partial charge in [-0.25, -0.2) is 9.97 Å². The van der Waals surface area contributed by atoms with Crippen LogP contribution in [0.3, 0.4) is 0 Å². The summed E-state index contributed by atoms with van der Waals surface area (Å²) < 4.78 is 7.84. The maximum atomic E-state index is 12.1. The van der Waals surface area contributed by atoms with Gasteiger partial charge in [-0.2, -0.15) is 5.26 Å². The van der Waals surface area contributed by atoms with E-state index >= 15 is 0 Å². The van der Waals surface area contributed by atoms with E-state index in [1.165, 1.54) is 0 Å². The number of likely N-dealkylation sites (N-methyl/N-ethyl adjacent to an activating group) is 1. The summed E-state index contributed by atoms with van der Waals surface area (Å²) in [6.07, 6.45) is 5.83. The number of hydrogen-bond donors (Lipinski definition) is 1. The standard InChI is InChI=1S/C28H27N7O2/c1-30-21-9-12-34(13-10-21)28-32-26(19-5-3-18(16-29)4-6-19)25(27-31-11-14-35(27)28)20-7-8-22-23(15-20)37-17-24(36)33(22)2/h3-8,11,14-15,21,30H,9-10,12-13,17H2,1-2H3. The molecule has 2 aliphatic heterocycles. The molecule has 9 nitrogen and oxygen atoms in total. The second-order valence-electron chi connectivity index (χ2n) is 9.42. The minimum absolute atomic E-state index is 0.00792. The molecule has 1 fully saturated rings. The number of anilines is 2. The number of nitrogens with zero attached hydrogens (tertiary/aromatic N) is 6. The molecular weight excluding hydrogens is 466 g/mol. The molecular formula is C28H27N7O2. The Kier molecular flexibility index (Phi) is 5.74. The fraction of sp³-hybridized carbons (Fsp3) is 0.286. The van der Waals surface area contributed by atoms with E-state index in [-0.39, 0.29) is 12.5 Å². The molecule has 1 amide bonds. The summed E-state index contributed by atoms with van der Waals surface area (Å²) in [4.78, 5) is 26.0. The number of nitriles is 1. The number of ether oxygens (including phenoxy) is 1. The minimum atomic E-state index is -0.0813. The molecule has 2 aliphatic rings. The quantitative estimate of drug-likeness (QED) is 0.465. The zero-order chi connectivity index (χ0) is 25.5. The number of benzene rings is 2.